The first-order chi connectivity index (χ1) is 12.5. The first-order valence-electron chi connectivity index (χ1n) is 8.62. The highest BCUT2D eigenvalue weighted by Crippen LogP contribution is 2.20. The maximum absolute atomic E-state index is 13.0. The highest BCUT2D eigenvalue weighted by molar-refractivity contribution is 6.04. The van der Waals surface area contributed by atoms with Gasteiger partial charge in [0.25, 0.3) is 5.91 Å². The number of hydrogen-bond acceptors (Lipinski definition) is 3. The van der Waals surface area contributed by atoms with Crippen molar-refractivity contribution < 1.29 is 19.1 Å². The molecule has 2 N–H and O–H groups in total. The Hall–Kier alpha value is -2.73. The van der Waals surface area contributed by atoms with E-state index in [2.05, 4.69) is 10.2 Å². The average molecular weight is 356 g/mol. The number of amides is 1. The smallest absolute Gasteiger partial charge is 0.306 e. The van der Waals surface area contributed by atoms with Crippen LogP contribution in [0.4, 0.5) is 10.1 Å². The van der Waals surface area contributed by atoms with Gasteiger partial charge in [-0.15, -0.1) is 0 Å². The second-order valence-corrected chi connectivity index (χ2v) is 6.55. The third-order valence-corrected chi connectivity index (χ3v) is 4.63. The number of carbonyl (C=O) groups is 2. The molecule has 136 valence electrons. The summed E-state index contributed by atoms with van der Waals surface area (Å²) in [6, 6.07) is 13.0. The van der Waals surface area contributed by atoms with Crippen LogP contribution >= 0.6 is 0 Å². The number of carboxylic acid groups (broad SMARTS) is 1. The van der Waals surface area contributed by atoms with E-state index in [1.807, 2.05) is 24.3 Å². The van der Waals surface area contributed by atoms with Crippen LogP contribution in [0.1, 0.15) is 28.8 Å². The van der Waals surface area contributed by atoms with Crippen LogP contribution in [-0.2, 0) is 11.3 Å². The van der Waals surface area contributed by atoms with Crippen LogP contribution < -0.4 is 5.32 Å². The summed E-state index contributed by atoms with van der Waals surface area (Å²) in [6.07, 6.45) is 1.33. The molecule has 1 aliphatic heterocycles. The fourth-order valence-corrected chi connectivity index (χ4v) is 3.15. The molecule has 0 saturated carbocycles. The zero-order valence-electron chi connectivity index (χ0n) is 14.3. The summed E-state index contributed by atoms with van der Waals surface area (Å²) in [6.45, 7) is 2.22. The minimum atomic E-state index is -0.713. The number of likely N-dealkylation sites (tertiary alicyclic amines) is 1. The van der Waals surface area contributed by atoms with E-state index < -0.39 is 5.97 Å². The number of piperidine rings is 1. The SMILES string of the molecule is O=C(Nc1cccc(CN2CCC(C(=O)O)CC2)c1)c1ccc(F)cc1. The molecule has 0 aromatic heterocycles. The Bertz CT molecular complexity index is 784. The van der Waals surface area contributed by atoms with Crippen LogP contribution in [0.2, 0.25) is 0 Å². The number of benzene rings is 2. The second-order valence-electron chi connectivity index (χ2n) is 6.55. The molecule has 1 aliphatic rings. The summed E-state index contributed by atoms with van der Waals surface area (Å²) in [5.74, 6) is -1.62. The monoisotopic (exact) mass is 356 g/mol. The van der Waals surface area contributed by atoms with Gasteiger partial charge in [-0.3, -0.25) is 14.5 Å². The molecule has 2 aromatic rings. The number of carboxylic acids is 1. The third-order valence-electron chi connectivity index (χ3n) is 4.63. The molecule has 3 rings (SSSR count). The van der Waals surface area contributed by atoms with Gasteiger partial charge in [-0.2, -0.15) is 0 Å². The van der Waals surface area contributed by atoms with Crippen molar-refractivity contribution in [3.8, 4) is 0 Å². The minimum absolute atomic E-state index is 0.243. The summed E-state index contributed by atoms with van der Waals surface area (Å²) < 4.78 is 13.0. The molecule has 1 heterocycles. The maximum Gasteiger partial charge on any atom is 0.306 e. The number of halogens is 1. The topological polar surface area (TPSA) is 69.6 Å². The number of nitrogens with zero attached hydrogens (tertiary/aromatic N) is 1. The molecule has 0 aliphatic carbocycles. The summed E-state index contributed by atoms with van der Waals surface area (Å²) in [7, 11) is 0. The first-order valence-corrected chi connectivity index (χ1v) is 8.62. The molecule has 1 amide bonds. The highest BCUT2D eigenvalue weighted by Gasteiger charge is 2.24. The van der Waals surface area contributed by atoms with Crippen LogP contribution in [-0.4, -0.2) is 35.0 Å². The zero-order valence-corrected chi connectivity index (χ0v) is 14.3. The molecular formula is C20H21FN2O3. The molecule has 0 radical (unpaired) electrons. The van der Waals surface area contributed by atoms with Gasteiger partial charge in [0.05, 0.1) is 5.92 Å². The van der Waals surface area contributed by atoms with E-state index in [-0.39, 0.29) is 17.6 Å². The molecule has 1 fully saturated rings. The van der Waals surface area contributed by atoms with E-state index in [0.717, 1.165) is 18.7 Å². The second kappa shape index (κ2) is 8.10. The number of rotatable bonds is 5. The van der Waals surface area contributed by atoms with Gasteiger partial charge in [-0.05, 0) is 67.9 Å². The lowest BCUT2D eigenvalue weighted by Gasteiger charge is -2.30. The Morgan fingerprint density at radius 3 is 2.46 bits per heavy atom. The van der Waals surface area contributed by atoms with Crippen molar-refractivity contribution in [2.75, 3.05) is 18.4 Å². The number of anilines is 1. The molecule has 26 heavy (non-hydrogen) atoms. The van der Waals surface area contributed by atoms with Gasteiger partial charge >= 0.3 is 5.97 Å². The van der Waals surface area contributed by atoms with E-state index in [0.29, 0.717) is 30.6 Å². The van der Waals surface area contributed by atoms with Crippen molar-refractivity contribution in [2.24, 2.45) is 5.92 Å². The fourth-order valence-electron chi connectivity index (χ4n) is 3.15. The number of aliphatic carboxylic acids is 1. The van der Waals surface area contributed by atoms with Gasteiger partial charge in [0.1, 0.15) is 5.82 Å². The molecule has 6 heteroatoms. The molecule has 5 nitrogen and oxygen atoms in total. The van der Waals surface area contributed by atoms with Crippen LogP contribution in [0.3, 0.4) is 0 Å². The van der Waals surface area contributed by atoms with Gasteiger partial charge < -0.3 is 10.4 Å². The lowest BCUT2D eigenvalue weighted by molar-refractivity contribution is -0.143. The quantitative estimate of drug-likeness (QED) is 0.862. The van der Waals surface area contributed by atoms with Crippen molar-refractivity contribution in [2.45, 2.75) is 19.4 Å². The molecule has 0 unspecified atom stereocenters. The number of nitrogens with one attached hydrogen (secondary N) is 1. The Morgan fingerprint density at radius 2 is 1.81 bits per heavy atom. The first kappa shape index (κ1) is 18.1. The van der Waals surface area contributed by atoms with Crippen molar-refractivity contribution >= 4 is 17.6 Å². The average Bonchev–Trinajstić information content (AvgIpc) is 2.63. The van der Waals surface area contributed by atoms with Crippen molar-refractivity contribution in [1.82, 2.24) is 4.90 Å². The maximum atomic E-state index is 13.0. The van der Waals surface area contributed by atoms with Crippen molar-refractivity contribution in [3.63, 3.8) is 0 Å². The third kappa shape index (κ3) is 4.67. The van der Waals surface area contributed by atoms with Crippen LogP contribution in [0.5, 0.6) is 0 Å². The van der Waals surface area contributed by atoms with E-state index in [9.17, 15) is 14.0 Å². The van der Waals surface area contributed by atoms with Crippen molar-refractivity contribution in [1.29, 1.82) is 0 Å². The van der Waals surface area contributed by atoms with E-state index in [4.69, 9.17) is 5.11 Å². The largest absolute Gasteiger partial charge is 0.481 e. The standard InChI is InChI=1S/C20H21FN2O3/c21-17-6-4-15(5-7-17)19(24)22-18-3-1-2-14(12-18)13-23-10-8-16(9-11-23)20(25)26/h1-7,12,16H,8-11,13H2,(H,22,24)(H,25,26). The normalized spacial score (nSPS) is 15.6. The fraction of sp³-hybridized carbons (Fsp3) is 0.300. The molecule has 1 saturated heterocycles. The Kier molecular flexibility index (Phi) is 5.63. The lowest BCUT2D eigenvalue weighted by Crippen LogP contribution is -2.35. The van der Waals surface area contributed by atoms with Gasteiger partial charge in [0.2, 0.25) is 0 Å². The van der Waals surface area contributed by atoms with Crippen LogP contribution in [0, 0.1) is 11.7 Å². The molecule has 0 bridgehead atoms. The molecular weight excluding hydrogens is 335 g/mol. The summed E-state index contributed by atoms with van der Waals surface area (Å²) in [4.78, 5) is 25.5. The van der Waals surface area contributed by atoms with Crippen molar-refractivity contribution in [3.05, 3.63) is 65.5 Å². The van der Waals surface area contributed by atoms with Gasteiger partial charge in [0.15, 0.2) is 0 Å². The van der Waals surface area contributed by atoms with Crippen LogP contribution in [0.15, 0.2) is 48.5 Å². The van der Waals surface area contributed by atoms with Crippen LogP contribution in [0.25, 0.3) is 0 Å². The zero-order chi connectivity index (χ0) is 18.5. The number of carbonyl (C=O) groups excluding carboxylic acids is 1. The molecule has 0 atom stereocenters. The summed E-state index contributed by atoms with van der Waals surface area (Å²) in [5, 5.41) is 11.9. The Morgan fingerprint density at radius 1 is 1.12 bits per heavy atom. The lowest BCUT2D eigenvalue weighted by atomic mass is 9.97. The Labute approximate surface area is 151 Å². The summed E-state index contributed by atoms with van der Waals surface area (Å²) >= 11 is 0. The predicted octanol–water partition coefficient (Wildman–Crippen LogP) is 3.37. The minimum Gasteiger partial charge on any atom is -0.481 e. The van der Waals surface area contributed by atoms with E-state index in [1.54, 1.807) is 0 Å². The van der Waals surface area contributed by atoms with E-state index in [1.165, 1.54) is 24.3 Å². The Balaban J connectivity index is 1.59. The van der Waals surface area contributed by atoms with Gasteiger partial charge in [-0.1, -0.05) is 12.1 Å². The molecule has 2 aromatic carbocycles. The van der Waals surface area contributed by atoms with E-state index >= 15 is 0 Å². The van der Waals surface area contributed by atoms with Gasteiger partial charge in [-0.25, -0.2) is 4.39 Å². The summed E-state index contributed by atoms with van der Waals surface area (Å²) in [5.41, 5.74) is 2.13. The predicted molar refractivity (Wildman–Crippen MR) is 96.4 cm³/mol. The number of hydrogen-bond donors (Lipinski definition) is 2. The highest BCUT2D eigenvalue weighted by atomic mass is 19.1. The molecule has 0 spiro atoms. The van der Waals surface area contributed by atoms with Gasteiger partial charge in [0, 0.05) is 17.8 Å².